The quantitative estimate of drug-likeness (QED) is 0.453. The molecule has 5 N–H and O–H groups in total. The van der Waals surface area contributed by atoms with Crippen LogP contribution in [-0.2, 0) is 4.79 Å². The third-order valence-electron chi connectivity index (χ3n) is 3.51. The molecule has 1 rings (SSSR count). The van der Waals surface area contributed by atoms with Gasteiger partial charge < -0.3 is 26.2 Å². The number of carbonyl (C=O) groups is 1. The largest absolute Gasteiger partial charge is 0.491 e. The van der Waals surface area contributed by atoms with E-state index in [2.05, 4.69) is 17.6 Å². The summed E-state index contributed by atoms with van der Waals surface area (Å²) in [5, 5.41) is 15.8. The molecule has 0 aliphatic carbocycles. The van der Waals surface area contributed by atoms with E-state index in [1.54, 1.807) is 0 Å². The zero-order valence-corrected chi connectivity index (χ0v) is 13.8. The Bertz CT molecular complexity index is 428. The van der Waals surface area contributed by atoms with Gasteiger partial charge in [-0.1, -0.05) is 25.1 Å². The van der Waals surface area contributed by atoms with Crippen LogP contribution in [0, 0.1) is 0 Å². The van der Waals surface area contributed by atoms with Crippen LogP contribution >= 0.6 is 0 Å². The molecule has 130 valence electrons. The minimum absolute atomic E-state index is 0.0844. The number of nitrogens with one attached hydrogen (secondary N) is 2. The Morgan fingerprint density at radius 1 is 1.35 bits per heavy atom. The molecule has 0 saturated heterocycles. The zero-order chi connectivity index (χ0) is 16.9. The molecule has 0 heterocycles. The van der Waals surface area contributed by atoms with Crippen molar-refractivity contribution in [2.45, 2.75) is 38.3 Å². The Hall–Kier alpha value is -1.63. The van der Waals surface area contributed by atoms with Gasteiger partial charge in [0.1, 0.15) is 18.5 Å². The lowest BCUT2D eigenvalue weighted by atomic mass is 10.1. The summed E-state index contributed by atoms with van der Waals surface area (Å²) in [7, 11) is 0. The van der Waals surface area contributed by atoms with Gasteiger partial charge in [0.15, 0.2) is 0 Å². The molecule has 1 aromatic carbocycles. The molecule has 0 spiro atoms. The fourth-order valence-corrected chi connectivity index (χ4v) is 2.13. The molecule has 1 amide bonds. The number of rotatable bonds is 12. The summed E-state index contributed by atoms with van der Waals surface area (Å²) in [6.07, 6.45) is 1.56. The number of benzene rings is 1. The summed E-state index contributed by atoms with van der Waals surface area (Å²) in [4.78, 5) is 11.7. The highest BCUT2D eigenvalue weighted by molar-refractivity contribution is 5.76. The molecule has 2 atom stereocenters. The van der Waals surface area contributed by atoms with E-state index in [0.29, 0.717) is 31.3 Å². The lowest BCUT2D eigenvalue weighted by molar-refractivity contribution is -0.121. The maximum absolute atomic E-state index is 11.7. The van der Waals surface area contributed by atoms with Crippen LogP contribution < -0.4 is 21.1 Å². The second kappa shape index (κ2) is 11.9. The lowest BCUT2D eigenvalue weighted by Crippen LogP contribution is -2.38. The van der Waals surface area contributed by atoms with Crippen molar-refractivity contribution < 1.29 is 14.6 Å². The van der Waals surface area contributed by atoms with E-state index in [-0.39, 0.29) is 19.1 Å². The van der Waals surface area contributed by atoms with Gasteiger partial charge in [-0.25, -0.2) is 0 Å². The predicted octanol–water partition coefficient (Wildman–Crippen LogP) is 0.650. The third-order valence-corrected chi connectivity index (χ3v) is 3.51. The summed E-state index contributed by atoms with van der Waals surface area (Å²) in [6.45, 7) is 3.69. The molecule has 6 nitrogen and oxygen atoms in total. The SMILES string of the molecule is CCC(CCN)NCCC(=O)NCC(O)COc1ccccc1. The van der Waals surface area contributed by atoms with Gasteiger partial charge in [0.25, 0.3) is 0 Å². The maximum atomic E-state index is 11.7. The summed E-state index contributed by atoms with van der Waals surface area (Å²) in [5.41, 5.74) is 5.53. The van der Waals surface area contributed by atoms with Crippen molar-refractivity contribution in [2.24, 2.45) is 5.73 Å². The number of amides is 1. The molecule has 23 heavy (non-hydrogen) atoms. The zero-order valence-electron chi connectivity index (χ0n) is 13.8. The number of ether oxygens (including phenoxy) is 1. The van der Waals surface area contributed by atoms with E-state index in [4.69, 9.17) is 10.5 Å². The summed E-state index contributed by atoms with van der Waals surface area (Å²) >= 11 is 0. The minimum Gasteiger partial charge on any atom is -0.491 e. The van der Waals surface area contributed by atoms with E-state index in [1.165, 1.54) is 0 Å². The Kier molecular flexibility index (Phi) is 10.0. The maximum Gasteiger partial charge on any atom is 0.221 e. The number of hydrogen-bond acceptors (Lipinski definition) is 5. The Labute approximate surface area is 138 Å². The lowest BCUT2D eigenvalue weighted by Gasteiger charge is -2.16. The highest BCUT2D eigenvalue weighted by Crippen LogP contribution is 2.08. The average Bonchev–Trinajstić information content (AvgIpc) is 2.58. The van der Waals surface area contributed by atoms with Crippen LogP contribution in [0.1, 0.15) is 26.2 Å². The third kappa shape index (κ3) is 9.18. The average molecular weight is 323 g/mol. The molecule has 2 unspecified atom stereocenters. The predicted molar refractivity (Wildman–Crippen MR) is 91.3 cm³/mol. The number of nitrogens with two attached hydrogens (primary N) is 1. The van der Waals surface area contributed by atoms with Crippen LogP contribution in [0.4, 0.5) is 0 Å². The fourth-order valence-electron chi connectivity index (χ4n) is 2.13. The molecule has 6 heteroatoms. The Morgan fingerprint density at radius 3 is 2.74 bits per heavy atom. The topological polar surface area (TPSA) is 96.6 Å². The molecule has 0 bridgehead atoms. The van der Waals surface area contributed by atoms with Crippen LogP contribution in [0.5, 0.6) is 5.75 Å². The highest BCUT2D eigenvalue weighted by atomic mass is 16.5. The molecular formula is C17H29N3O3. The van der Waals surface area contributed by atoms with Gasteiger partial charge in [-0.2, -0.15) is 0 Å². The standard InChI is InChI=1S/C17H29N3O3/c1-2-14(8-10-18)19-11-9-17(22)20-12-15(21)13-23-16-6-4-3-5-7-16/h3-7,14-15,19,21H,2,8-13,18H2,1H3,(H,20,22). The highest BCUT2D eigenvalue weighted by Gasteiger charge is 2.09. The minimum atomic E-state index is -0.729. The number of aliphatic hydroxyl groups is 1. The van der Waals surface area contributed by atoms with Gasteiger partial charge in [-0.3, -0.25) is 4.79 Å². The van der Waals surface area contributed by atoms with Crippen LogP contribution in [0.15, 0.2) is 30.3 Å². The van der Waals surface area contributed by atoms with Crippen LogP contribution in [0.3, 0.4) is 0 Å². The van der Waals surface area contributed by atoms with Crippen molar-refractivity contribution in [1.82, 2.24) is 10.6 Å². The molecule has 0 aromatic heterocycles. The van der Waals surface area contributed by atoms with Gasteiger partial charge in [0.2, 0.25) is 5.91 Å². The number of aliphatic hydroxyl groups excluding tert-OH is 1. The molecule has 0 aliphatic rings. The summed E-state index contributed by atoms with van der Waals surface area (Å²) in [6, 6.07) is 9.63. The van der Waals surface area contributed by atoms with Gasteiger partial charge in [0.05, 0.1) is 0 Å². The molecule has 0 radical (unpaired) electrons. The van der Waals surface area contributed by atoms with Crippen LogP contribution in [0.2, 0.25) is 0 Å². The second-order valence-electron chi connectivity index (χ2n) is 5.47. The van der Waals surface area contributed by atoms with Gasteiger partial charge in [-0.05, 0) is 31.5 Å². The van der Waals surface area contributed by atoms with E-state index in [9.17, 15) is 9.90 Å². The molecular weight excluding hydrogens is 294 g/mol. The van der Waals surface area contributed by atoms with Crippen molar-refractivity contribution in [3.63, 3.8) is 0 Å². The monoisotopic (exact) mass is 323 g/mol. The van der Waals surface area contributed by atoms with E-state index in [1.807, 2.05) is 30.3 Å². The van der Waals surface area contributed by atoms with Crippen molar-refractivity contribution in [1.29, 1.82) is 0 Å². The normalized spacial score (nSPS) is 13.3. The smallest absolute Gasteiger partial charge is 0.221 e. The van der Waals surface area contributed by atoms with Gasteiger partial charge >= 0.3 is 0 Å². The van der Waals surface area contributed by atoms with E-state index in [0.717, 1.165) is 12.8 Å². The molecule has 0 fully saturated rings. The number of carbonyl (C=O) groups excluding carboxylic acids is 1. The van der Waals surface area contributed by atoms with E-state index >= 15 is 0 Å². The first kappa shape index (κ1) is 19.4. The molecule has 0 aliphatic heterocycles. The van der Waals surface area contributed by atoms with Gasteiger partial charge in [0, 0.05) is 25.6 Å². The van der Waals surface area contributed by atoms with Gasteiger partial charge in [-0.15, -0.1) is 0 Å². The van der Waals surface area contributed by atoms with Crippen molar-refractivity contribution in [2.75, 3.05) is 26.2 Å². The molecule has 0 saturated carbocycles. The summed E-state index contributed by atoms with van der Waals surface area (Å²) in [5.74, 6) is 0.617. The molecule has 1 aromatic rings. The van der Waals surface area contributed by atoms with Crippen molar-refractivity contribution >= 4 is 5.91 Å². The first-order chi connectivity index (χ1) is 11.2. The fraction of sp³-hybridized carbons (Fsp3) is 0.588. The first-order valence-electron chi connectivity index (χ1n) is 8.21. The Morgan fingerprint density at radius 2 is 2.09 bits per heavy atom. The van der Waals surface area contributed by atoms with Crippen LogP contribution in [-0.4, -0.2) is 49.4 Å². The van der Waals surface area contributed by atoms with Crippen LogP contribution in [0.25, 0.3) is 0 Å². The second-order valence-corrected chi connectivity index (χ2v) is 5.47. The Balaban J connectivity index is 2.10. The first-order valence-corrected chi connectivity index (χ1v) is 8.21. The van der Waals surface area contributed by atoms with Crippen molar-refractivity contribution in [3.05, 3.63) is 30.3 Å². The summed E-state index contributed by atoms with van der Waals surface area (Å²) < 4.78 is 5.43. The van der Waals surface area contributed by atoms with E-state index < -0.39 is 6.10 Å². The van der Waals surface area contributed by atoms with Crippen molar-refractivity contribution in [3.8, 4) is 5.75 Å². The number of para-hydroxylation sites is 1. The number of hydrogen-bond donors (Lipinski definition) is 4.